The Morgan fingerprint density at radius 3 is 2.56 bits per heavy atom. The number of nitrogens with zero attached hydrogens (tertiary/aromatic N) is 2. The van der Waals surface area contributed by atoms with Crippen molar-refractivity contribution in [1.29, 1.82) is 0 Å². The molecule has 3 fully saturated rings. The Balaban J connectivity index is 1.20. The minimum absolute atomic E-state index is 0.0405. The molecule has 1 aromatic carbocycles. The number of thiazole rings is 1. The van der Waals surface area contributed by atoms with E-state index in [9.17, 15) is 19.5 Å². The summed E-state index contributed by atoms with van der Waals surface area (Å²) in [5, 5.41) is 16.4. The van der Waals surface area contributed by atoms with E-state index in [1.54, 1.807) is 11.3 Å². The summed E-state index contributed by atoms with van der Waals surface area (Å²) in [6.45, 7) is 8.49. The molecule has 3 aliphatic rings. The lowest BCUT2D eigenvalue weighted by Crippen LogP contribution is -2.61. The maximum absolute atomic E-state index is 13.9. The summed E-state index contributed by atoms with van der Waals surface area (Å²) in [7, 11) is 0. The van der Waals surface area contributed by atoms with Crippen LogP contribution in [0.15, 0.2) is 29.8 Å². The number of carbonyl (C=O) groups is 3. The van der Waals surface area contributed by atoms with Gasteiger partial charge in [-0.1, -0.05) is 45.0 Å². The first-order valence-corrected chi connectivity index (χ1v) is 16.2. The molecular formula is C32H45N5O5S. The number of nitrogens with one attached hydrogen (secondary N) is 2. The third kappa shape index (κ3) is 6.95. The normalized spacial score (nSPS) is 27.9. The monoisotopic (exact) mass is 611 g/mol. The van der Waals surface area contributed by atoms with Gasteiger partial charge in [-0.15, -0.1) is 11.3 Å². The van der Waals surface area contributed by atoms with Crippen molar-refractivity contribution >= 4 is 29.1 Å². The summed E-state index contributed by atoms with van der Waals surface area (Å²) in [6.07, 6.45) is 3.53. The molecule has 3 heterocycles. The Bertz CT molecular complexity index is 1320. The van der Waals surface area contributed by atoms with Gasteiger partial charge in [-0.2, -0.15) is 0 Å². The van der Waals surface area contributed by atoms with Crippen molar-refractivity contribution in [2.45, 2.75) is 103 Å². The van der Waals surface area contributed by atoms with E-state index in [0.29, 0.717) is 25.9 Å². The van der Waals surface area contributed by atoms with Crippen molar-refractivity contribution in [2.75, 3.05) is 13.1 Å². The summed E-state index contributed by atoms with van der Waals surface area (Å²) >= 11 is 1.59. The highest BCUT2D eigenvalue weighted by atomic mass is 32.1. The van der Waals surface area contributed by atoms with Crippen LogP contribution < -0.4 is 16.4 Å². The van der Waals surface area contributed by atoms with Crippen LogP contribution in [-0.4, -0.2) is 75.7 Å². The van der Waals surface area contributed by atoms with Crippen LogP contribution >= 0.6 is 11.3 Å². The molecule has 2 saturated heterocycles. The van der Waals surface area contributed by atoms with Crippen LogP contribution in [0.25, 0.3) is 10.4 Å². The first kappa shape index (κ1) is 31.6. The minimum Gasteiger partial charge on any atom is -0.391 e. The zero-order valence-corrected chi connectivity index (χ0v) is 26.4. The first-order chi connectivity index (χ1) is 20.4. The number of hydrogen-bond acceptors (Lipinski definition) is 8. The van der Waals surface area contributed by atoms with Crippen molar-refractivity contribution < 1.29 is 24.2 Å². The second-order valence-corrected chi connectivity index (χ2v) is 14.4. The Kier molecular flexibility index (Phi) is 9.27. The largest absolute Gasteiger partial charge is 0.391 e. The Morgan fingerprint density at radius 2 is 1.93 bits per heavy atom. The van der Waals surface area contributed by atoms with Crippen molar-refractivity contribution in [3.8, 4) is 10.4 Å². The molecule has 2 aliphatic heterocycles. The molecule has 11 heteroatoms. The van der Waals surface area contributed by atoms with Crippen molar-refractivity contribution in [2.24, 2.45) is 17.1 Å². The molecule has 43 heavy (non-hydrogen) atoms. The second-order valence-electron chi connectivity index (χ2n) is 13.5. The summed E-state index contributed by atoms with van der Waals surface area (Å²) in [6, 6.07) is 6.28. The lowest BCUT2D eigenvalue weighted by atomic mass is 9.66. The molecule has 234 valence electrons. The molecule has 1 aliphatic carbocycles. The third-order valence-electron chi connectivity index (χ3n) is 9.14. The number of benzene rings is 1. The molecule has 5 rings (SSSR count). The lowest BCUT2D eigenvalue weighted by molar-refractivity contribution is -0.191. The molecule has 5 N–H and O–H groups in total. The van der Waals surface area contributed by atoms with E-state index in [1.165, 1.54) is 4.90 Å². The van der Waals surface area contributed by atoms with E-state index < -0.39 is 23.6 Å². The van der Waals surface area contributed by atoms with Gasteiger partial charge in [-0.3, -0.25) is 14.4 Å². The summed E-state index contributed by atoms with van der Waals surface area (Å²) in [5.41, 5.74) is 9.74. The van der Waals surface area contributed by atoms with Gasteiger partial charge in [0.25, 0.3) is 0 Å². The number of likely N-dealkylation sites (tertiary alicyclic amines) is 1. The number of aliphatic hydroxyl groups excluding tert-OH is 1. The molecule has 1 saturated carbocycles. The fraction of sp³-hybridized carbons (Fsp3) is 0.625. The van der Waals surface area contributed by atoms with Gasteiger partial charge in [0.05, 0.1) is 33.9 Å². The predicted octanol–water partition coefficient (Wildman–Crippen LogP) is 2.90. The van der Waals surface area contributed by atoms with Gasteiger partial charge in [0.15, 0.2) is 0 Å². The van der Waals surface area contributed by atoms with Gasteiger partial charge < -0.3 is 31.1 Å². The van der Waals surface area contributed by atoms with E-state index in [-0.39, 0.29) is 48.3 Å². The van der Waals surface area contributed by atoms with Crippen LogP contribution in [0.3, 0.4) is 0 Å². The van der Waals surface area contributed by atoms with Crippen LogP contribution in [-0.2, 0) is 25.7 Å². The van der Waals surface area contributed by atoms with E-state index in [2.05, 4.69) is 15.6 Å². The number of ether oxygens (including phenoxy) is 1. The molecule has 4 atom stereocenters. The standard InChI is InChI=1S/C32H45N5O5S/c1-19-26(43-18-35-19)21-9-7-20(8-10-21)16-34-29(40)25-12-23(38)17-37(25)30(41)27(31(2,3)4)36-28(39)22-13-32(14-22)11-5-6-24(15-33)42-32/h7-10,18,22-25,27,38H,5-6,11-17,33H2,1-4H3,(H,34,40)(H,36,39)/t22?,23-,24?,25+,27+,32?/m1/s1. The summed E-state index contributed by atoms with van der Waals surface area (Å²) in [4.78, 5) is 47.4. The number of aromatic nitrogens is 1. The van der Waals surface area contributed by atoms with Crippen LogP contribution in [0.2, 0.25) is 0 Å². The fourth-order valence-corrected chi connectivity index (χ4v) is 7.47. The zero-order chi connectivity index (χ0) is 30.9. The Hall–Kier alpha value is -2.86. The molecule has 0 bridgehead atoms. The van der Waals surface area contributed by atoms with Crippen LogP contribution in [0, 0.1) is 18.3 Å². The predicted molar refractivity (Wildman–Crippen MR) is 165 cm³/mol. The molecule has 10 nitrogen and oxygen atoms in total. The zero-order valence-electron chi connectivity index (χ0n) is 25.6. The van der Waals surface area contributed by atoms with Gasteiger partial charge in [-0.05, 0) is 55.6 Å². The van der Waals surface area contributed by atoms with Gasteiger partial charge in [0, 0.05) is 32.0 Å². The van der Waals surface area contributed by atoms with Gasteiger partial charge in [-0.25, -0.2) is 4.98 Å². The average molecular weight is 612 g/mol. The van der Waals surface area contributed by atoms with Crippen LogP contribution in [0.5, 0.6) is 0 Å². The fourth-order valence-electron chi connectivity index (χ4n) is 6.65. The molecular weight excluding hydrogens is 566 g/mol. The topological polar surface area (TPSA) is 147 Å². The smallest absolute Gasteiger partial charge is 0.246 e. The summed E-state index contributed by atoms with van der Waals surface area (Å²) in [5.74, 6) is -1.08. The van der Waals surface area contributed by atoms with Crippen LogP contribution in [0.4, 0.5) is 0 Å². The molecule has 1 unspecified atom stereocenters. The molecule has 2 aromatic rings. The van der Waals surface area contributed by atoms with Gasteiger partial charge in [0.1, 0.15) is 12.1 Å². The van der Waals surface area contributed by atoms with Crippen molar-refractivity contribution in [3.05, 3.63) is 41.0 Å². The number of nitrogens with two attached hydrogens (primary N) is 1. The van der Waals surface area contributed by atoms with Gasteiger partial charge >= 0.3 is 0 Å². The van der Waals surface area contributed by atoms with Gasteiger partial charge in [0.2, 0.25) is 17.7 Å². The number of aryl methyl sites for hydroxylation is 1. The van der Waals surface area contributed by atoms with E-state index in [4.69, 9.17) is 10.5 Å². The molecule has 1 aromatic heterocycles. The number of rotatable bonds is 8. The lowest BCUT2D eigenvalue weighted by Gasteiger charge is -2.51. The number of β-amino-alcohol motifs (C(OH)–C–C–N with tert-alkyl or cyclic N) is 1. The highest BCUT2D eigenvalue weighted by Gasteiger charge is 2.52. The number of aliphatic hydroxyl groups is 1. The molecule has 0 radical (unpaired) electrons. The Morgan fingerprint density at radius 1 is 1.21 bits per heavy atom. The molecule has 1 spiro atoms. The highest BCUT2D eigenvalue weighted by molar-refractivity contribution is 7.13. The SMILES string of the molecule is Cc1ncsc1-c1ccc(CNC(=O)[C@@H]2C[C@@H](O)CN2C(=O)[C@H](NC(=O)C2CC3(CCCC(CN)O3)C2)C(C)(C)C)cc1. The maximum Gasteiger partial charge on any atom is 0.246 e. The van der Waals surface area contributed by atoms with Crippen LogP contribution in [0.1, 0.15) is 70.6 Å². The number of hydrogen-bond donors (Lipinski definition) is 4. The average Bonchev–Trinajstić information content (AvgIpc) is 3.57. The van der Waals surface area contributed by atoms with E-state index in [0.717, 1.165) is 41.0 Å². The second kappa shape index (κ2) is 12.6. The molecule has 3 amide bonds. The van der Waals surface area contributed by atoms with E-state index >= 15 is 0 Å². The number of carbonyl (C=O) groups excluding carboxylic acids is 3. The number of amides is 3. The van der Waals surface area contributed by atoms with E-state index in [1.807, 2.05) is 57.5 Å². The Labute approximate surface area is 257 Å². The highest BCUT2D eigenvalue weighted by Crippen LogP contribution is 2.48. The quantitative estimate of drug-likeness (QED) is 0.359. The third-order valence-corrected chi connectivity index (χ3v) is 10.1. The van der Waals surface area contributed by atoms with Crippen molar-refractivity contribution in [1.82, 2.24) is 20.5 Å². The first-order valence-electron chi connectivity index (χ1n) is 15.3. The van der Waals surface area contributed by atoms with Crippen molar-refractivity contribution in [3.63, 3.8) is 0 Å². The summed E-state index contributed by atoms with van der Waals surface area (Å²) < 4.78 is 6.22. The minimum atomic E-state index is -0.844. The maximum atomic E-state index is 13.9.